The lowest BCUT2D eigenvalue weighted by Gasteiger charge is -2.29. The molecule has 0 atom stereocenters. The summed E-state index contributed by atoms with van der Waals surface area (Å²) in [4.78, 5) is 22.9. The van der Waals surface area contributed by atoms with E-state index >= 15 is 0 Å². The number of hydrogen-bond donors (Lipinski definition) is 1. The van der Waals surface area contributed by atoms with Gasteiger partial charge in [-0.1, -0.05) is 0 Å². The maximum atomic E-state index is 12.2. The Morgan fingerprint density at radius 1 is 1.40 bits per heavy atom. The highest BCUT2D eigenvalue weighted by Crippen LogP contribution is 2.17. The first-order chi connectivity index (χ1) is 12.0. The minimum atomic E-state index is -2.94. The van der Waals surface area contributed by atoms with E-state index in [1.165, 1.54) is 11.3 Å². The van der Waals surface area contributed by atoms with Crippen molar-refractivity contribution in [1.82, 2.24) is 15.2 Å². The van der Waals surface area contributed by atoms with Crippen molar-refractivity contribution < 1.29 is 17.9 Å². The zero-order chi connectivity index (χ0) is 17.9. The summed E-state index contributed by atoms with van der Waals surface area (Å²) in [5.41, 5.74) is 1.19. The molecule has 1 saturated heterocycles. The van der Waals surface area contributed by atoms with Crippen molar-refractivity contribution in [2.45, 2.75) is 6.92 Å². The Balaban J connectivity index is 1.77. The number of carbonyl (C=O) groups is 1. The standard InChI is InChI=1S/C15H20N4O4S2/c1-2-23-15(20)11-9-17-13(14-16-3-6-24-14)18-12(11)10-19-4-7-25(21,22)8-5-19/h3,6H,2,4-5,7-10H2,1H3,(H,17,18). The van der Waals surface area contributed by atoms with Crippen LogP contribution in [0.15, 0.2) is 27.8 Å². The van der Waals surface area contributed by atoms with Crippen LogP contribution in [-0.2, 0) is 19.4 Å². The lowest BCUT2D eigenvalue weighted by atomic mass is 10.1. The molecule has 1 aromatic heterocycles. The molecule has 2 aliphatic rings. The predicted octanol–water partition coefficient (Wildman–Crippen LogP) is 0.0405. The average molecular weight is 384 g/mol. The molecule has 0 aliphatic carbocycles. The SMILES string of the molecule is CCOC(=O)C1=C(CN2CCS(=O)(=O)CC2)NC(c2nccs2)=NC1. The van der Waals surface area contributed by atoms with E-state index in [1.807, 2.05) is 10.3 Å². The summed E-state index contributed by atoms with van der Waals surface area (Å²) >= 11 is 1.46. The maximum absolute atomic E-state index is 12.2. The zero-order valence-electron chi connectivity index (χ0n) is 13.9. The Kier molecular flexibility index (Phi) is 5.50. The first-order valence-corrected chi connectivity index (χ1v) is 10.7. The Morgan fingerprint density at radius 2 is 2.16 bits per heavy atom. The molecule has 3 rings (SSSR count). The van der Waals surface area contributed by atoms with E-state index < -0.39 is 15.8 Å². The van der Waals surface area contributed by atoms with Crippen LogP contribution in [0.2, 0.25) is 0 Å². The number of carbonyl (C=O) groups excluding carboxylic acids is 1. The van der Waals surface area contributed by atoms with Crippen LogP contribution in [0.5, 0.6) is 0 Å². The van der Waals surface area contributed by atoms with Crippen LogP contribution in [-0.4, -0.2) is 74.4 Å². The van der Waals surface area contributed by atoms with Gasteiger partial charge in [-0.3, -0.25) is 9.89 Å². The minimum absolute atomic E-state index is 0.141. The fourth-order valence-electron chi connectivity index (χ4n) is 2.65. The molecule has 1 fully saturated rings. The molecule has 0 saturated carbocycles. The fourth-order valence-corrected chi connectivity index (χ4v) is 4.52. The van der Waals surface area contributed by atoms with Gasteiger partial charge >= 0.3 is 5.97 Å². The summed E-state index contributed by atoms with van der Waals surface area (Å²) in [6.07, 6.45) is 1.70. The molecule has 1 aromatic rings. The number of amidine groups is 1. The number of ether oxygens (including phenoxy) is 1. The molecule has 1 N–H and O–H groups in total. The number of hydrogen-bond acceptors (Lipinski definition) is 9. The topological polar surface area (TPSA) is 101 Å². The van der Waals surface area contributed by atoms with Crippen molar-refractivity contribution in [3.8, 4) is 0 Å². The second kappa shape index (κ2) is 7.63. The monoisotopic (exact) mass is 384 g/mol. The van der Waals surface area contributed by atoms with Gasteiger partial charge in [0.05, 0.1) is 30.2 Å². The van der Waals surface area contributed by atoms with Crippen LogP contribution in [0.1, 0.15) is 11.9 Å². The molecule has 136 valence electrons. The zero-order valence-corrected chi connectivity index (χ0v) is 15.5. The van der Waals surface area contributed by atoms with E-state index in [4.69, 9.17) is 4.74 Å². The third-order valence-electron chi connectivity index (χ3n) is 4.00. The molecule has 0 aromatic carbocycles. The van der Waals surface area contributed by atoms with Gasteiger partial charge in [0.2, 0.25) is 0 Å². The number of aliphatic imine (C=N–C) groups is 1. The molecular formula is C15H20N4O4S2. The number of esters is 1. The lowest BCUT2D eigenvalue weighted by molar-refractivity contribution is -0.138. The third-order valence-corrected chi connectivity index (χ3v) is 6.39. The van der Waals surface area contributed by atoms with Crippen molar-refractivity contribution in [3.63, 3.8) is 0 Å². The molecular weight excluding hydrogens is 364 g/mol. The number of rotatable bonds is 5. The summed E-state index contributed by atoms with van der Waals surface area (Å²) in [5, 5.41) is 5.81. The molecule has 25 heavy (non-hydrogen) atoms. The fraction of sp³-hybridized carbons (Fsp3) is 0.533. The van der Waals surface area contributed by atoms with Crippen LogP contribution in [0.3, 0.4) is 0 Å². The van der Waals surface area contributed by atoms with Crippen LogP contribution >= 0.6 is 11.3 Å². The van der Waals surface area contributed by atoms with Gasteiger partial charge in [-0.15, -0.1) is 11.3 Å². The molecule has 0 spiro atoms. The van der Waals surface area contributed by atoms with Gasteiger partial charge in [0.1, 0.15) is 0 Å². The molecule has 0 amide bonds. The molecule has 3 heterocycles. The maximum Gasteiger partial charge on any atom is 0.337 e. The molecule has 2 aliphatic heterocycles. The van der Waals surface area contributed by atoms with E-state index in [0.717, 1.165) is 5.01 Å². The van der Waals surface area contributed by atoms with Crippen LogP contribution in [0.25, 0.3) is 0 Å². The van der Waals surface area contributed by atoms with E-state index in [-0.39, 0.29) is 18.1 Å². The molecule has 0 unspecified atom stereocenters. The summed E-state index contributed by atoms with van der Waals surface area (Å²) in [6, 6.07) is 0. The van der Waals surface area contributed by atoms with E-state index in [0.29, 0.717) is 43.3 Å². The van der Waals surface area contributed by atoms with Gasteiger partial charge in [0.25, 0.3) is 0 Å². The second-order valence-corrected chi connectivity index (χ2v) is 8.93. The summed E-state index contributed by atoms with van der Waals surface area (Å²) < 4.78 is 28.3. The predicted molar refractivity (Wildman–Crippen MR) is 95.4 cm³/mol. The van der Waals surface area contributed by atoms with Gasteiger partial charge in [-0.2, -0.15) is 0 Å². The first kappa shape index (κ1) is 18.0. The number of nitrogens with one attached hydrogen (secondary N) is 1. The van der Waals surface area contributed by atoms with Gasteiger partial charge in [0.15, 0.2) is 20.7 Å². The van der Waals surface area contributed by atoms with Crippen LogP contribution in [0, 0.1) is 0 Å². The minimum Gasteiger partial charge on any atom is -0.463 e. The lowest BCUT2D eigenvalue weighted by Crippen LogP contribution is -2.44. The van der Waals surface area contributed by atoms with Gasteiger partial charge < -0.3 is 10.1 Å². The largest absolute Gasteiger partial charge is 0.463 e. The van der Waals surface area contributed by atoms with Crippen molar-refractivity contribution in [2.24, 2.45) is 4.99 Å². The Labute approximate surface area is 150 Å². The van der Waals surface area contributed by atoms with Crippen molar-refractivity contribution in [1.29, 1.82) is 0 Å². The highest BCUT2D eigenvalue weighted by Gasteiger charge is 2.27. The second-order valence-electron chi connectivity index (χ2n) is 5.73. The van der Waals surface area contributed by atoms with E-state index in [9.17, 15) is 13.2 Å². The highest BCUT2D eigenvalue weighted by atomic mass is 32.2. The molecule has 10 heteroatoms. The van der Waals surface area contributed by atoms with Crippen LogP contribution in [0.4, 0.5) is 0 Å². The smallest absolute Gasteiger partial charge is 0.337 e. The molecule has 0 radical (unpaired) electrons. The van der Waals surface area contributed by atoms with Crippen molar-refractivity contribution in [3.05, 3.63) is 27.9 Å². The summed E-state index contributed by atoms with van der Waals surface area (Å²) in [6.45, 7) is 3.63. The summed E-state index contributed by atoms with van der Waals surface area (Å²) in [5.74, 6) is 0.518. The normalized spacial score (nSPS) is 20.8. The van der Waals surface area contributed by atoms with E-state index in [2.05, 4.69) is 15.3 Å². The number of nitrogens with zero attached hydrogens (tertiary/aromatic N) is 3. The first-order valence-electron chi connectivity index (χ1n) is 8.02. The summed E-state index contributed by atoms with van der Waals surface area (Å²) in [7, 11) is -2.94. The van der Waals surface area contributed by atoms with Crippen molar-refractivity contribution in [2.75, 3.05) is 44.3 Å². The highest BCUT2D eigenvalue weighted by molar-refractivity contribution is 7.91. The van der Waals surface area contributed by atoms with E-state index in [1.54, 1.807) is 13.1 Å². The van der Waals surface area contributed by atoms with Gasteiger partial charge in [-0.05, 0) is 6.92 Å². The Bertz CT molecular complexity index is 786. The Hall–Kier alpha value is -1.78. The quantitative estimate of drug-likeness (QED) is 0.715. The van der Waals surface area contributed by atoms with Crippen LogP contribution < -0.4 is 5.32 Å². The van der Waals surface area contributed by atoms with Gasteiger partial charge in [0, 0.05) is 36.9 Å². The average Bonchev–Trinajstić information content (AvgIpc) is 3.11. The van der Waals surface area contributed by atoms with Crippen molar-refractivity contribution >= 4 is 33.0 Å². The molecule has 8 nitrogen and oxygen atoms in total. The number of thiazole rings is 1. The molecule has 0 bridgehead atoms. The van der Waals surface area contributed by atoms with Gasteiger partial charge in [-0.25, -0.2) is 18.2 Å². The Morgan fingerprint density at radius 3 is 2.80 bits per heavy atom. The number of aromatic nitrogens is 1. The number of sulfone groups is 1. The third kappa shape index (κ3) is 4.44.